The minimum atomic E-state index is -3.75. The largest absolute Gasteiger partial charge is 0.294 e. The van der Waals surface area contributed by atoms with Gasteiger partial charge in [0.1, 0.15) is 0 Å². The molecule has 0 atom stereocenters. The molecule has 0 N–H and O–H groups in total. The van der Waals surface area contributed by atoms with Crippen molar-refractivity contribution in [3.8, 4) is 0 Å². The monoisotopic (exact) mass is 349 g/mol. The van der Waals surface area contributed by atoms with Gasteiger partial charge in [-0.2, -0.15) is 0 Å². The molecular weight excluding hydrogens is 334 g/mol. The second-order valence-corrected chi connectivity index (χ2v) is 7.95. The Morgan fingerprint density at radius 2 is 1.83 bits per heavy atom. The molecule has 0 fully saturated rings. The van der Waals surface area contributed by atoms with Gasteiger partial charge in [0, 0.05) is 23.6 Å². The van der Waals surface area contributed by atoms with E-state index in [-0.39, 0.29) is 23.6 Å². The molecule has 3 rings (SSSR count). The highest BCUT2D eigenvalue weighted by atomic mass is 35.5. The standard InChI is InChI=1S/C17H16ClNO3S/c1-11-3-6-16-14(9-11)17(20)7-8-19(16)23(21,22)13-5-4-12(2)15(18)10-13/h3-6,9-10H,7-8H2,1-2H3. The zero-order valence-corrected chi connectivity index (χ0v) is 14.4. The van der Waals surface area contributed by atoms with Crippen LogP contribution in [0.4, 0.5) is 5.69 Å². The first kappa shape index (κ1) is 16.0. The Morgan fingerprint density at radius 3 is 2.52 bits per heavy atom. The molecule has 4 nitrogen and oxygen atoms in total. The normalized spacial score (nSPS) is 14.7. The first-order valence-electron chi connectivity index (χ1n) is 7.23. The Kier molecular flexibility index (Phi) is 3.94. The molecule has 0 bridgehead atoms. The minimum Gasteiger partial charge on any atom is -0.294 e. The number of nitrogens with zero attached hydrogens (tertiary/aromatic N) is 1. The summed E-state index contributed by atoms with van der Waals surface area (Å²) in [6, 6.07) is 9.91. The fourth-order valence-corrected chi connectivity index (χ4v) is 4.42. The van der Waals surface area contributed by atoms with Crippen LogP contribution in [0, 0.1) is 13.8 Å². The highest BCUT2D eigenvalue weighted by Gasteiger charge is 2.32. The van der Waals surface area contributed by atoms with E-state index in [2.05, 4.69) is 0 Å². The SMILES string of the molecule is Cc1ccc2c(c1)C(=O)CCN2S(=O)(=O)c1ccc(C)c(Cl)c1. The van der Waals surface area contributed by atoms with Crippen LogP contribution in [0.3, 0.4) is 0 Å². The van der Waals surface area contributed by atoms with Gasteiger partial charge in [-0.15, -0.1) is 0 Å². The molecule has 0 saturated heterocycles. The Labute approximate surface area is 140 Å². The summed E-state index contributed by atoms with van der Waals surface area (Å²) in [7, 11) is -3.75. The molecule has 0 aliphatic carbocycles. The zero-order chi connectivity index (χ0) is 16.8. The van der Waals surface area contributed by atoms with Crippen LogP contribution in [0.2, 0.25) is 5.02 Å². The highest BCUT2D eigenvalue weighted by Crippen LogP contribution is 2.33. The molecule has 1 aliphatic rings. The Bertz CT molecular complexity index is 906. The van der Waals surface area contributed by atoms with Crippen molar-refractivity contribution >= 4 is 33.1 Å². The van der Waals surface area contributed by atoms with Gasteiger partial charge in [0.25, 0.3) is 10.0 Å². The zero-order valence-electron chi connectivity index (χ0n) is 12.8. The number of sulfonamides is 1. The number of aryl methyl sites for hydroxylation is 2. The van der Waals surface area contributed by atoms with Crippen molar-refractivity contribution in [1.82, 2.24) is 0 Å². The van der Waals surface area contributed by atoms with E-state index in [9.17, 15) is 13.2 Å². The number of Topliss-reactive ketones (excluding diaryl/α,β-unsaturated/α-hetero) is 1. The van der Waals surface area contributed by atoms with Crippen LogP contribution in [0.15, 0.2) is 41.3 Å². The van der Waals surface area contributed by atoms with Crippen LogP contribution in [0.1, 0.15) is 27.9 Å². The van der Waals surface area contributed by atoms with Gasteiger partial charge in [0.15, 0.2) is 5.78 Å². The number of benzene rings is 2. The third-order valence-electron chi connectivity index (χ3n) is 3.99. The molecular formula is C17H16ClNO3S. The van der Waals surface area contributed by atoms with E-state index < -0.39 is 10.0 Å². The van der Waals surface area contributed by atoms with Gasteiger partial charge in [0.05, 0.1) is 10.6 Å². The average molecular weight is 350 g/mol. The van der Waals surface area contributed by atoms with E-state index in [1.165, 1.54) is 10.4 Å². The fourth-order valence-electron chi connectivity index (χ4n) is 2.66. The lowest BCUT2D eigenvalue weighted by Gasteiger charge is -2.30. The molecule has 1 heterocycles. The molecule has 0 aromatic heterocycles. The van der Waals surface area contributed by atoms with Crippen molar-refractivity contribution in [2.45, 2.75) is 25.2 Å². The van der Waals surface area contributed by atoms with Gasteiger partial charge < -0.3 is 0 Å². The van der Waals surface area contributed by atoms with E-state index >= 15 is 0 Å². The first-order chi connectivity index (χ1) is 10.8. The predicted octanol–water partition coefficient (Wildman–Crippen LogP) is 3.74. The van der Waals surface area contributed by atoms with Crippen molar-refractivity contribution in [2.75, 3.05) is 10.8 Å². The van der Waals surface area contributed by atoms with Crippen molar-refractivity contribution in [1.29, 1.82) is 0 Å². The summed E-state index contributed by atoms with van der Waals surface area (Å²) in [5, 5.41) is 0.406. The van der Waals surface area contributed by atoms with Gasteiger partial charge in [-0.25, -0.2) is 8.42 Å². The van der Waals surface area contributed by atoms with E-state index in [0.29, 0.717) is 16.3 Å². The first-order valence-corrected chi connectivity index (χ1v) is 9.05. The molecule has 120 valence electrons. The number of halogens is 1. The summed E-state index contributed by atoms with van der Waals surface area (Å²) in [5.74, 6) is -0.0305. The maximum Gasteiger partial charge on any atom is 0.264 e. The third kappa shape index (κ3) is 2.75. The number of carbonyl (C=O) groups excluding carboxylic acids is 1. The third-order valence-corrected chi connectivity index (χ3v) is 6.21. The molecule has 0 amide bonds. The molecule has 23 heavy (non-hydrogen) atoms. The summed E-state index contributed by atoms with van der Waals surface area (Å²) in [5.41, 5.74) is 2.63. The lowest BCUT2D eigenvalue weighted by molar-refractivity contribution is 0.0982. The summed E-state index contributed by atoms with van der Waals surface area (Å²) in [6.07, 6.45) is 0.176. The van der Waals surface area contributed by atoms with Gasteiger partial charge in [-0.3, -0.25) is 9.10 Å². The van der Waals surface area contributed by atoms with E-state index in [4.69, 9.17) is 11.6 Å². The van der Waals surface area contributed by atoms with E-state index in [0.717, 1.165) is 11.1 Å². The maximum atomic E-state index is 13.0. The van der Waals surface area contributed by atoms with Crippen LogP contribution in [-0.4, -0.2) is 20.7 Å². The van der Waals surface area contributed by atoms with Crippen LogP contribution < -0.4 is 4.31 Å². The summed E-state index contributed by atoms with van der Waals surface area (Å²) >= 11 is 6.07. The lowest BCUT2D eigenvalue weighted by atomic mass is 10.0. The van der Waals surface area contributed by atoms with E-state index in [1.54, 1.807) is 24.3 Å². The van der Waals surface area contributed by atoms with Crippen LogP contribution in [0.25, 0.3) is 0 Å². The Morgan fingerprint density at radius 1 is 1.09 bits per heavy atom. The molecule has 0 spiro atoms. The van der Waals surface area contributed by atoms with Crippen LogP contribution in [0.5, 0.6) is 0 Å². The van der Waals surface area contributed by atoms with Crippen molar-refractivity contribution in [3.63, 3.8) is 0 Å². The molecule has 2 aromatic carbocycles. The van der Waals surface area contributed by atoms with Crippen LogP contribution in [-0.2, 0) is 10.0 Å². The number of anilines is 1. The molecule has 0 radical (unpaired) electrons. The number of hydrogen-bond donors (Lipinski definition) is 0. The number of carbonyl (C=O) groups is 1. The predicted molar refractivity (Wildman–Crippen MR) is 90.8 cm³/mol. The van der Waals surface area contributed by atoms with Crippen molar-refractivity contribution in [3.05, 3.63) is 58.1 Å². The smallest absolute Gasteiger partial charge is 0.264 e. The Hall–Kier alpha value is -1.85. The van der Waals surface area contributed by atoms with Crippen molar-refractivity contribution in [2.24, 2.45) is 0 Å². The summed E-state index contributed by atoms with van der Waals surface area (Å²) < 4.78 is 27.2. The molecule has 0 saturated carbocycles. The summed E-state index contributed by atoms with van der Waals surface area (Å²) in [4.78, 5) is 12.2. The number of ketones is 1. The second kappa shape index (κ2) is 5.65. The Balaban J connectivity index is 2.13. The highest BCUT2D eigenvalue weighted by molar-refractivity contribution is 7.92. The van der Waals surface area contributed by atoms with Gasteiger partial charge >= 0.3 is 0 Å². The molecule has 0 unspecified atom stereocenters. The van der Waals surface area contributed by atoms with Crippen molar-refractivity contribution < 1.29 is 13.2 Å². The van der Waals surface area contributed by atoms with Gasteiger partial charge in [-0.05, 0) is 43.7 Å². The van der Waals surface area contributed by atoms with Crippen LogP contribution >= 0.6 is 11.6 Å². The van der Waals surface area contributed by atoms with Gasteiger partial charge in [0.2, 0.25) is 0 Å². The molecule has 6 heteroatoms. The lowest BCUT2D eigenvalue weighted by Crippen LogP contribution is -2.37. The minimum absolute atomic E-state index is 0.0305. The van der Waals surface area contributed by atoms with E-state index in [1.807, 2.05) is 19.9 Å². The number of rotatable bonds is 2. The number of hydrogen-bond acceptors (Lipinski definition) is 3. The summed E-state index contributed by atoms with van der Waals surface area (Å²) in [6.45, 7) is 3.83. The number of fused-ring (bicyclic) bond motifs is 1. The quantitative estimate of drug-likeness (QED) is 0.829. The van der Waals surface area contributed by atoms with Gasteiger partial charge in [-0.1, -0.05) is 29.3 Å². The molecule has 2 aromatic rings. The average Bonchev–Trinajstić information content (AvgIpc) is 2.50. The maximum absolute atomic E-state index is 13.0. The fraction of sp³-hybridized carbons (Fsp3) is 0.235. The second-order valence-electron chi connectivity index (χ2n) is 5.68. The topological polar surface area (TPSA) is 54.5 Å². The molecule has 1 aliphatic heterocycles.